The minimum absolute atomic E-state index is 0.178. The molecule has 0 saturated heterocycles. The van der Waals surface area contributed by atoms with Crippen LogP contribution in [0.5, 0.6) is 0 Å². The number of hydrogen-bond acceptors (Lipinski definition) is 1. The van der Waals surface area contributed by atoms with Gasteiger partial charge >= 0.3 is 0 Å². The molecule has 0 amide bonds. The highest BCUT2D eigenvalue weighted by molar-refractivity contribution is 6.10. The Bertz CT molecular complexity index is 1490. The number of fused-ring (bicyclic) bond motifs is 3. The first kappa shape index (κ1) is 21.1. The molecule has 0 bridgehead atoms. The molecule has 1 aliphatic carbocycles. The fraction of sp³-hybridized carbons (Fsp3) is 0.258. The molecule has 6 rings (SSSR count). The fourth-order valence-electron chi connectivity index (χ4n) is 5.90. The number of aromatic nitrogens is 1. The number of furan rings is 1. The molecule has 2 heterocycles. The van der Waals surface area contributed by atoms with Gasteiger partial charge in [-0.2, -0.15) is 0 Å². The highest BCUT2D eigenvalue weighted by atomic mass is 19.1. The number of aryl methyl sites for hydroxylation is 2. The minimum Gasteiger partial charge on any atom is -0.455 e. The molecule has 3 aromatic carbocycles. The molecule has 0 spiro atoms. The van der Waals surface area contributed by atoms with Gasteiger partial charge in [-0.25, -0.2) is 8.96 Å². The predicted molar refractivity (Wildman–Crippen MR) is 135 cm³/mol. The van der Waals surface area contributed by atoms with Crippen LogP contribution in [0.25, 0.3) is 33.2 Å². The third-order valence-corrected chi connectivity index (χ3v) is 7.69. The Morgan fingerprint density at radius 2 is 1.53 bits per heavy atom. The number of rotatable bonds is 3. The van der Waals surface area contributed by atoms with Crippen LogP contribution in [0, 0.1) is 12.7 Å². The molecule has 0 radical (unpaired) electrons. The number of nitrogens with zero attached hydrogens (tertiary/aromatic N) is 1. The molecule has 2 aromatic heterocycles. The van der Waals surface area contributed by atoms with E-state index in [1.54, 1.807) is 12.1 Å². The summed E-state index contributed by atoms with van der Waals surface area (Å²) >= 11 is 0. The van der Waals surface area contributed by atoms with Crippen molar-refractivity contribution >= 4 is 21.9 Å². The monoisotopic (exact) mass is 450 g/mol. The van der Waals surface area contributed by atoms with Gasteiger partial charge in [0.05, 0.1) is 5.56 Å². The summed E-state index contributed by atoms with van der Waals surface area (Å²) in [6.45, 7) is 2.11. The van der Waals surface area contributed by atoms with E-state index in [9.17, 15) is 4.39 Å². The Morgan fingerprint density at radius 3 is 2.29 bits per heavy atom. The second kappa shape index (κ2) is 8.39. The summed E-state index contributed by atoms with van der Waals surface area (Å²) in [7, 11) is 2.05. The largest absolute Gasteiger partial charge is 0.455 e. The molecule has 5 aromatic rings. The maximum atomic E-state index is 14.9. The van der Waals surface area contributed by atoms with E-state index < -0.39 is 0 Å². The lowest BCUT2D eigenvalue weighted by atomic mass is 9.76. The highest BCUT2D eigenvalue weighted by Crippen LogP contribution is 2.45. The average molecular weight is 451 g/mol. The van der Waals surface area contributed by atoms with Crippen molar-refractivity contribution < 1.29 is 13.4 Å². The topological polar surface area (TPSA) is 17.0 Å². The lowest BCUT2D eigenvalue weighted by molar-refractivity contribution is -0.660. The van der Waals surface area contributed by atoms with Crippen LogP contribution in [0.1, 0.15) is 54.2 Å². The van der Waals surface area contributed by atoms with E-state index >= 15 is 0 Å². The summed E-state index contributed by atoms with van der Waals surface area (Å²) in [4.78, 5) is 0. The molecule has 1 saturated carbocycles. The van der Waals surface area contributed by atoms with Gasteiger partial charge in [-0.3, -0.25) is 0 Å². The van der Waals surface area contributed by atoms with Gasteiger partial charge in [0, 0.05) is 28.5 Å². The predicted octanol–water partition coefficient (Wildman–Crippen LogP) is 7.97. The first-order valence-corrected chi connectivity index (χ1v) is 12.3. The van der Waals surface area contributed by atoms with Crippen LogP contribution in [-0.4, -0.2) is 0 Å². The lowest BCUT2D eigenvalue weighted by Crippen LogP contribution is -2.30. The van der Waals surface area contributed by atoms with Crippen LogP contribution in [-0.2, 0) is 7.05 Å². The van der Waals surface area contributed by atoms with Crippen molar-refractivity contribution in [3.05, 3.63) is 102 Å². The molecule has 2 nitrogen and oxygen atoms in total. The SMILES string of the molecule is Cc1ccc2c(oc3c(C4CCC(c5ccccc5)CC4)cc(F)cc32)c1-c1cccc[n+]1C. The van der Waals surface area contributed by atoms with E-state index in [2.05, 4.69) is 60.0 Å². The zero-order chi connectivity index (χ0) is 23.2. The van der Waals surface area contributed by atoms with E-state index in [-0.39, 0.29) is 5.82 Å². The summed E-state index contributed by atoms with van der Waals surface area (Å²) in [5.74, 6) is 0.725. The third-order valence-electron chi connectivity index (χ3n) is 7.69. The minimum atomic E-state index is -0.178. The van der Waals surface area contributed by atoms with Crippen molar-refractivity contribution in [3.63, 3.8) is 0 Å². The number of hydrogen-bond donors (Lipinski definition) is 0. The van der Waals surface area contributed by atoms with E-state index in [4.69, 9.17) is 4.42 Å². The summed E-state index contributed by atoms with van der Waals surface area (Å²) in [5, 5.41) is 1.87. The number of halogens is 1. The Balaban J connectivity index is 1.45. The molecule has 3 heteroatoms. The quantitative estimate of drug-likeness (QED) is 0.255. The average Bonchev–Trinajstić information content (AvgIpc) is 3.23. The van der Waals surface area contributed by atoms with Crippen LogP contribution >= 0.6 is 0 Å². The molecule has 1 fully saturated rings. The molecule has 1 aliphatic rings. The number of pyridine rings is 1. The Kier molecular flexibility index (Phi) is 5.21. The van der Waals surface area contributed by atoms with Crippen molar-refractivity contribution in [2.24, 2.45) is 7.05 Å². The molecular formula is C31H29FNO+. The maximum absolute atomic E-state index is 14.9. The normalized spacial score (nSPS) is 18.6. The highest BCUT2D eigenvalue weighted by Gasteiger charge is 2.28. The van der Waals surface area contributed by atoms with Crippen LogP contribution in [0.15, 0.2) is 83.4 Å². The van der Waals surface area contributed by atoms with Crippen LogP contribution in [0.4, 0.5) is 4.39 Å². The zero-order valence-electron chi connectivity index (χ0n) is 19.7. The van der Waals surface area contributed by atoms with Gasteiger partial charge in [-0.05, 0) is 73.8 Å². The molecule has 170 valence electrons. The molecule has 0 N–H and O–H groups in total. The lowest BCUT2D eigenvalue weighted by Gasteiger charge is -2.29. The molecule has 0 unspecified atom stereocenters. The van der Waals surface area contributed by atoms with Gasteiger partial charge < -0.3 is 4.42 Å². The van der Waals surface area contributed by atoms with E-state index in [0.29, 0.717) is 11.8 Å². The van der Waals surface area contributed by atoms with Gasteiger partial charge in [0.15, 0.2) is 6.20 Å². The van der Waals surface area contributed by atoms with E-state index in [1.807, 2.05) is 25.4 Å². The van der Waals surface area contributed by atoms with Gasteiger partial charge in [-0.15, -0.1) is 0 Å². The summed E-state index contributed by atoms with van der Waals surface area (Å²) in [5.41, 5.74) is 7.47. The van der Waals surface area contributed by atoms with Gasteiger partial charge in [0.1, 0.15) is 24.0 Å². The van der Waals surface area contributed by atoms with E-state index in [0.717, 1.165) is 70.0 Å². The summed E-state index contributed by atoms with van der Waals surface area (Å²) in [6.07, 6.45) is 6.39. The maximum Gasteiger partial charge on any atom is 0.216 e. The smallest absolute Gasteiger partial charge is 0.216 e. The first-order valence-electron chi connectivity index (χ1n) is 12.3. The van der Waals surface area contributed by atoms with Crippen LogP contribution in [0.2, 0.25) is 0 Å². The molecule has 0 aliphatic heterocycles. The molecule has 34 heavy (non-hydrogen) atoms. The Labute approximate surface area is 199 Å². The summed E-state index contributed by atoms with van der Waals surface area (Å²) in [6, 6.07) is 24.5. The third kappa shape index (κ3) is 3.51. The molecule has 0 atom stereocenters. The first-order chi connectivity index (χ1) is 16.6. The fourth-order valence-corrected chi connectivity index (χ4v) is 5.90. The second-order valence-corrected chi connectivity index (χ2v) is 9.76. The number of benzene rings is 3. The molecular weight excluding hydrogens is 421 g/mol. The van der Waals surface area contributed by atoms with Crippen molar-refractivity contribution in [2.45, 2.75) is 44.4 Å². The standard InChI is InChI=1S/C31H29FNO/c1-20-11-16-25-27-19-24(32)18-26(23-14-12-22(13-15-23)21-8-4-3-5-9-21)30(27)34-31(25)29(20)28-10-6-7-17-33(28)2/h3-11,16-19,22-23H,12-15H2,1-2H3/q+1. The zero-order valence-corrected chi connectivity index (χ0v) is 19.7. The van der Waals surface area contributed by atoms with Gasteiger partial charge in [-0.1, -0.05) is 42.5 Å². The van der Waals surface area contributed by atoms with Crippen molar-refractivity contribution in [1.82, 2.24) is 0 Å². The second-order valence-electron chi connectivity index (χ2n) is 9.76. The van der Waals surface area contributed by atoms with Crippen molar-refractivity contribution in [2.75, 3.05) is 0 Å². The van der Waals surface area contributed by atoms with Crippen molar-refractivity contribution in [3.8, 4) is 11.3 Å². The van der Waals surface area contributed by atoms with Crippen molar-refractivity contribution in [1.29, 1.82) is 0 Å². The Hall–Kier alpha value is -3.46. The summed E-state index contributed by atoms with van der Waals surface area (Å²) < 4.78 is 23.7. The van der Waals surface area contributed by atoms with Crippen LogP contribution in [0.3, 0.4) is 0 Å². The van der Waals surface area contributed by atoms with Gasteiger partial charge in [0.25, 0.3) is 0 Å². The van der Waals surface area contributed by atoms with E-state index in [1.165, 1.54) is 5.56 Å². The Morgan fingerprint density at radius 1 is 0.794 bits per heavy atom. The van der Waals surface area contributed by atoms with Crippen LogP contribution < -0.4 is 4.57 Å². The van der Waals surface area contributed by atoms with Gasteiger partial charge in [0.2, 0.25) is 5.69 Å².